The number of carbonyl (C=O) groups is 2. The van der Waals surface area contributed by atoms with E-state index >= 15 is 0 Å². The van der Waals surface area contributed by atoms with Crippen LogP contribution in [0.25, 0.3) is 0 Å². The quantitative estimate of drug-likeness (QED) is 0.757. The Labute approximate surface area is 135 Å². The summed E-state index contributed by atoms with van der Waals surface area (Å²) in [5.74, 6) is -0.261. The maximum atomic E-state index is 12.6. The standard InChI is InChI=1S/C18H34N2O2/c1-12(2)15(17(22)20-18(3,4)5)14(16(19)21)11-10-13-8-6-7-9-13/h12-15H,6-11H2,1-5H3,(H2,19,21)(H,20,22)/t14-,15+/m0/s1. The van der Waals surface area contributed by atoms with Crippen LogP contribution in [0.15, 0.2) is 0 Å². The highest BCUT2D eigenvalue weighted by Crippen LogP contribution is 2.33. The SMILES string of the molecule is CC(C)[C@@H](C(=O)NC(C)(C)C)[C@H](CCC1CCCC1)C(N)=O. The number of nitrogens with one attached hydrogen (secondary N) is 1. The highest BCUT2D eigenvalue weighted by Gasteiger charge is 2.36. The van der Waals surface area contributed by atoms with Gasteiger partial charge in [-0.2, -0.15) is 0 Å². The molecular weight excluding hydrogens is 276 g/mol. The Hall–Kier alpha value is -1.06. The molecule has 4 nitrogen and oxygen atoms in total. The first-order chi connectivity index (χ1) is 10.1. The third-order valence-electron chi connectivity index (χ3n) is 4.68. The number of amides is 2. The number of nitrogens with two attached hydrogens (primary N) is 1. The van der Waals surface area contributed by atoms with Crippen LogP contribution in [0.2, 0.25) is 0 Å². The van der Waals surface area contributed by atoms with E-state index in [0.29, 0.717) is 5.92 Å². The van der Waals surface area contributed by atoms with Gasteiger partial charge >= 0.3 is 0 Å². The lowest BCUT2D eigenvalue weighted by atomic mass is 9.78. The second-order valence-corrected chi connectivity index (χ2v) is 8.25. The maximum absolute atomic E-state index is 12.6. The van der Waals surface area contributed by atoms with Gasteiger partial charge in [0, 0.05) is 11.5 Å². The summed E-state index contributed by atoms with van der Waals surface area (Å²) < 4.78 is 0. The predicted octanol–water partition coefficient (Wildman–Crippen LogP) is 3.25. The third-order valence-corrected chi connectivity index (χ3v) is 4.68. The van der Waals surface area contributed by atoms with Crippen molar-refractivity contribution in [2.75, 3.05) is 0 Å². The Bertz CT molecular complexity index is 379. The molecule has 3 N–H and O–H groups in total. The molecule has 1 fully saturated rings. The van der Waals surface area contributed by atoms with E-state index in [0.717, 1.165) is 12.8 Å². The fourth-order valence-corrected chi connectivity index (χ4v) is 3.62. The summed E-state index contributed by atoms with van der Waals surface area (Å²) >= 11 is 0. The zero-order valence-electron chi connectivity index (χ0n) is 14.9. The highest BCUT2D eigenvalue weighted by molar-refractivity contribution is 5.87. The minimum absolute atomic E-state index is 0.0438. The normalized spacial score (nSPS) is 19.2. The average molecular weight is 310 g/mol. The lowest BCUT2D eigenvalue weighted by molar-refractivity contribution is -0.136. The van der Waals surface area contributed by atoms with E-state index in [-0.39, 0.29) is 35.1 Å². The summed E-state index contributed by atoms with van der Waals surface area (Å²) in [6.07, 6.45) is 6.85. The first-order valence-corrected chi connectivity index (χ1v) is 8.73. The zero-order valence-corrected chi connectivity index (χ0v) is 14.9. The maximum Gasteiger partial charge on any atom is 0.224 e. The van der Waals surface area contributed by atoms with Gasteiger partial charge in [0.15, 0.2) is 0 Å². The summed E-state index contributed by atoms with van der Waals surface area (Å²) in [7, 11) is 0. The van der Waals surface area contributed by atoms with Crippen LogP contribution < -0.4 is 11.1 Å². The smallest absolute Gasteiger partial charge is 0.224 e. The van der Waals surface area contributed by atoms with Crippen molar-refractivity contribution < 1.29 is 9.59 Å². The molecular formula is C18H34N2O2. The summed E-state index contributed by atoms with van der Waals surface area (Å²) in [6, 6.07) is 0. The van der Waals surface area contributed by atoms with E-state index in [1.165, 1.54) is 25.7 Å². The second kappa shape index (κ2) is 7.98. The van der Waals surface area contributed by atoms with Crippen LogP contribution in [0.4, 0.5) is 0 Å². The number of primary amides is 1. The molecule has 0 aromatic heterocycles. The summed E-state index contributed by atoms with van der Waals surface area (Å²) in [5, 5.41) is 3.02. The van der Waals surface area contributed by atoms with Gasteiger partial charge < -0.3 is 11.1 Å². The minimum Gasteiger partial charge on any atom is -0.369 e. The predicted molar refractivity (Wildman–Crippen MR) is 90.1 cm³/mol. The molecule has 0 aromatic rings. The molecule has 1 saturated carbocycles. The minimum atomic E-state index is -0.358. The van der Waals surface area contributed by atoms with E-state index in [9.17, 15) is 9.59 Å². The molecule has 0 bridgehead atoms. The van der Waals surface area contributed by atoms with Crippen LogP contribution in [-0.2, 0) is 9.59 Å². The molecule has 4 heteroatoms. The van der Waals surface area contributed by atoms with Gasteiger partial charge in [-0.05, 0) is 45.4 Å². The van der Waals surface area contributed by atoms with Crippen molar-refractivity contribution in [2.45, 2.75) is 78.7 Å². The van der Waals surface area contributed by atoms with Crippen molar-refractivity contribution in [1.82, 2.24) is 5.32 Å². The Morgan fingerprint density at radius 3 is 2.14 bits per heavy atom. The van der Waals surface area contributed by atoms with Crippen molar-refractivity contribution >= 4 is 11.8 Å². The Morgan fingerprint density at radius 1 is 1.18 bits per heavy atom. The van der Waals surface area contributed by atoms with Gasteiger partial charge in [0.2, 0.25) is 11.8 Å². The summed E-state index contributed by atoms with van der Waals surface area (Å²) in [4.78, 5) is 24.6. The molecule has 128 valence electrons. The van der Waals surface area contributed by atoms with E-state index in [1.807, 2.05) is 34.6 Å². The molecule has 1 rings (SSSR count). The third kappa shape index (κ3) is 5.98. The molecule has 0 spiro atoms. The molecule has 2 atom stereocenters. The topological polar surface area (TPSA) is 72.2 Å². The zero-order chi connectivity index (χ0) is 16.9. The van der Waals surface area contributed by atoms with Crippen LogP contribution in [-0.4, -0.2) is 17.4 Å². The molecule has 0 unspecified atom stereocenters. The van der Waals surface area contributed by atoms with Crippen LogP contribution in [0, 0.1) is 23.7 Å². The molecule has 0 radical (unpaired) electrons. The van der Waals surface area contributed by atoms with Gasteiger partial charge in [-0.3, -0.25) is 9.59 Å². The van der Waals surface area contributed by atoms with Crippen molar-refractivity contribution in [3.8, 4) is 0 Å². The first kappa shape index (κ1) is 19.0. The summed E-state index contributed by atoms with van der Waals surface area (Å²) in [6.45, 7) is 9.87. The number of hydrogen-bond acceptors (Lipinski definition) is 2. The number of rotatable bonds is 7. The average Bonchev–Trinajstić information content (AvgIpc) is 2.83. The second-order valence-electron chi connectivity index (χ2n) is 8.25. The van der Waals surface area contributed by atoms with Gasteiger partial charge in [0.1, 0.15) is 0 Å². The molecule has 0 aliphatic heterocycles. The molecule has 0 aromatic carbocycles. The highest BCUT2D eigenvalue weighted by atomic mass is 16.2. The Balaban J connectivity index is 2.77. The van der Waals surface area contributed by atoms with E-state index in [2.05, 4.69) is 5.32 Å². The Morgan fingerprint density at radius 2 is 1.73 bits per heavy atom. The van der Waals surface area contributed by atoms with Gasteiger partial charge in [0.05, 0.1) is 5.92 Å². The van der Waals surface area contributed by atoms with Crippen molar-refractivity contribution in [1.29, 1.82) is 0 Å². The van der Waals surface area contributed by atoms with Gasteiger partial charge in [-0.1, -0.05) is 39.5 Å². The molecule has 0 heterocycles. The van der Waals surface area contributed by atoms with Crippen LogP contribution >= 0.6 is 0 Å². The largest absolute Gasteiger partial charge is 0.369 e. The Kier molecular flexibility index (Phi) is 6.89. The molecule has 0 saturated heterocycles. The van der Waals surface area contributed by atoms with E-state index in [4.69, 9.17) is 5.73 Å². The fourth-order valence-electron chi connectivity index (χ4n) is 3.62. The van der Waals surface area contributed by atoms with E-state index < -0.39 is 0 Å². The number of carbonyl (C=O) groups excluding carboxylic acids is 2. The fraction of sp³-hybridized carbons (Fsp3) is 0.889. The van der Waals surface area contributed by atoms with E-state index in [1.54, 1.807) is 0 Å². The van der Waals surface area contributed by atoms with Crippen molar-refractivity contribution in [2.24, 2.45) is 29.4 Å². The lowest BCUT2D eigenvalue weighted by Crippen LogP contribution is -2.49. The summed E-state index contributed by atoms with van der Waals surface area (Å²) in [5.41, 5.74) is 5.35. The molecule has 1 aliphatic carbocycles. The van der Waals surface area contributed by atoms with Crippen LogP contribution in [0.5, 0.6) is 0 Å². The monoisotopic (exact) mass is 310 g/mol. The van der Waals surface area contributed by atoms with Gasteiger partial charge in [0.25, 0.3) is 0 Å². The molecule has 22 heavy (non-hydrogen) atoms. The van der Waals surface area contributed by atoms with Crippen molar-refractivity contribution in [3.63, 3.8) is 0 Å². The molecule has 1 aliphatic rings. The number of hydrogen-bond donors (Lipinski definition) is 2. The van der Waals surface area contributed by atoms with Crippen LogP contribution in [0.1, 0.15) is 73.1 Å². The van der Waals surface area contributed by atoms with Gasteiger partial charge in [-0.25, -0.2) is 0 Å². The lowest BCUT2D eigenvalue weighted by Gasteiger charge is -2.31. The first-order valence-electron chi connectivity index (χ1n) is 8.73. The van der Waals surface area contributed by atoms with Crippen molar-refractivity contribution in [3.05, 3.63) is 0 Å². The van der Waals surface area contributed by atoms with Crippen LogP contribution in [0.3, 0.4) is 0 Å². The van der Waals surface area contributed by atoms with Gasteiger partial charge in [-0.15, -0.1) is 0 Å². The molecule has 2 amide bonds.